The van der Waals surface area contributed by atoms with Crippen LogP contribution >= 0.6 is 23.2 Å². The maximum Gasteiger partial charge on any atom is 0.426 e. The minimum atomic E-state index is -0.745. The largest absolute Gasteiger partial charge is 0.448 e. The van der Waals surface area contributed by atoms with Gasteiger partial charge in [-0.3, -0.25) is 10.2 Å². The van der Waals surface area contributed by atoms with Crippen LogP contribution in [0.15, 0.2) is 30.6 Å². The van der Waals surface area contributed by atoms with E-state index < -0.39 is 12.0 Å². The van der Waals surface area contributed by atoms with Crippen molar-refractivity contribution in [2.24, 2.45) is 0 Å². The summed E-state index contributed by atoms with van der Waals surface area (Å²) in [7, 11) is 0. The van der Waals surface area contributed by atoms with Crippen molar-refractivity contribution in [2.75, 3.05) is 6.61 Å². The van der Waals surface area contributed by atoms with Crippen LogP contribution in [-0.4, -0.2) is 28.2 Å². The zero-order valence-electron chi connectivity index (χ0n) is 12.9. The molecule has 24 heavy (non-hydrogen) atoms. The van der Waals surface area contributed by atoms with Crippen molar-refractivity contribution in [3.8, 4) is 0 Å². The summed E-state index contributed by atoms with van der Waals surface area (Å²) in [6.07, 6.45) is 1.17. The third kappa shape index (κ3) is 5.43. The lowest BCUT2D eigenvalue weighted by atomic mass is 10.1. The third-order valence-electron chi connectivity index (χ3n) is 3.06. The second kappa shape index (κ2) is 8.56. The summed E-state index contributed by atoms with van der Waals surface area (Å²) in [4.78, 5) is 26.9. The smallest absolute Gasteiger partial charge is 0.426 e. The van der Waals surface area contributed by atoms with Gasteiger partial charge in [0.05, 0.1) is 12.9 Å². The lowest BCUT2D eigenvalue weighted by molar-refractivity contribution is -0.122. The molecule has 0 spiro atoms. The number of carbonyl (C=O) groups is 2. The van der Waals surface area contributed by atoms with Gasteiger partial charge >= 0.3 is 6.09 Å². The molecule has 0 aliphatic carbocycles. The van der Waals surface area contributed by atoms with Crippen LogP contribution in [0.25, 0.3) is 0 Å². The highest BCUT2D eigenvalue weighted by molar-refractivity contribution is 6.40. The van der Waals surface area contributed by atoms with Gasteiger partial charge in [-0.1, -0.05) is 53.0 Å². The molecule has 0 fully saturated rings. The molecule has 2 N–H and O–H groups in total. The summed E-state index contributed by atoms with van der Waals surface area (Å²) in [5.41, 5.74) is 6.58. The molecule has 7 nitrogen and oxygen atoms in total. The fourth-order valence-corrected chi connectivity index (χ4v) is 2.24. The highest BCUT2D eigenvalue weighted by Gasteiger charge is 2.11. The molecule has 0 bridgehead atoms. The van der Waals surface area contributed by atoms with E-state index in [9.17, 15) is 9.59 Å². The number of benzene rings is 1. The average Bonchev–Trinajstić information content (AvgIpc) is 2.85. The third-order valence-corrected chi connectivity index (χ3v) is 3.83. The highest BCUT2D eigenvalue weighted by Crippen LogP contribution is 2.18. The van der Waals surface area contributed by atoms with Gasteiger partial charge in [-0.2, -0.15) is 0 Å². The van der Waals surface area contributed by atoms with Gasteiger partial charge in [0.1, 0.15) is 11.7 Å². The number of nitrogens with one attached hydrogen (secondary N) is 2. The van der Waals surface area contributed by atoms with Crippen molar-refractivity contribution in [1.82, 2.24) is 20.4 Å². The number of nitrogens with zero attached hydrogens (tertiary/aromatic N) is 2. The molecule has 0 aliphatic rings. The molecule has 1 aromatic heterocycles. The van der Waals surface area contributed by atoms with Crippen LogP contribution in [0.4, 0.5) is 4.79 Å². The van der Waals surface area contributed by atoms with E-state index in [0.29, 0.717) is 6.42 Å². The number of carbonyl (C=O) groups excluding carboxylic acids is 2. The second-order valence-electron chi connectivity index (χ2n) is 5.00. The summed E-state index contributed by atoms with van der Waals surface area (Å²) in [5.74, 6) is -0.499. The summed E-state index contributed by atoms with van der Waals surface area (Å²) in [6.45, 7) is 2.06. The number of rotatable bonds is 5. The first-order valence-electron chi connectivity index (χ1n) is 7.09. The summed E-state index contributed by atoms with van der Waals surface area (Å²) >= 11 is 11.5. The Labute approximate surface area is 148 Å². The van der Waals surface area contributed by atoms with Crippen LogP contribution in [0, 0.1) is 6.92 Å². The van der Waals surface area contributed by atoms with Crippen molar-refractivity contribution >= 4 is 35.2 Å². The molecule has 1 heterocycles. The van der Waals surface area contributed by atoms with E-state index in [1.54, 1.807) is 0 Å². The molecule has 0 saturated heterocycles. The number of imidazole rings is 1. The van der Waals surface area contributed by atoms with Crippen LogP contribution in [0.1, 0.15) is 11.1 Å². The van der Waals surface area contributed by atoms with Crippen LogP contribution < -0.4 is 10.9 Å². The van der Waals surface area contributed by atoms with Gasteiger partial charge in [-0.15, -0.1) is 0 Å². The van der Waals surface area contributed by atoms with Crippen molar-refractivity contribution in [2.45, 2.75) is 19.9 Å². The Kier molecular flexibility index (Phi) is 6.45. The summed E-state index contributed by atoms with van der Waals surface area (Å²) in [5, 5.41) is 0.250. The number of hydrogen-bond acceptors (Lipinski definition) is 4. The summed E-state index contributed by atoms with van der Waals surface area (Å²) < 4.78 is 6.32. The van der Waals surface area contributed by atoms with Gasteiger partial charge < -0.3 is 9.30 Å². The normalized spacial score (nSPS) is 10.3. The Morgan fingerprint density at radius 3 is 2.75 bits per heavy atom. The Hall–Kier alpha value is -2.25. The molecule has 0 radical (unpaired) electrons. The highest BCUT2D eigenvalue weighted by atomic mass is 35.5. The first-order chi connectivity index (χ1) is 11.5. The Balaban J connectivity index is 1.67. The Bertz CT molecular complexity index is 733. The van der Waals surface area contributed by atoms with E-state index >= 15 is 0 Å². The number of hydrazine groups is 1. The lowest BCUT2D eigenvalue weighted by Gasteiger charge is -2.09. The maximum atomic E-state index is 11.7. The predicted molar refractivity (Wildman–Crippen MR) is 89.8 cm³/mol. The lowest BCUT2D eigenvalue weighted by Crippen LogP contribution is -2.43. The number of aromatic nitrogens is 2. The molecule has 0 saturated carbocycles. The fraction of sp³-hybridized carbons (Fsp3) is 0.267. The molecule has 0 aliphatic heterocycles. The molecular formula is C15H16Cl2N4O3. The van der Waals surface area contributed by atoms with Crippen molar-refractivity contribution in [1.29, 1.82) is 0 Å². The molecule has 2 rings (SSSR count). The van der Waals surface area contributed by atoms with Crippen molar-refractivity contribution in [3.63, 3.8) is 0 Å². The first kappa shape index (κ1) is 18.1. The first-order valence-corrected chi connectivity index (χ1v) is 7.84. The fourth-order valence-electron chi connectivity index (χ4n) is 1.93. The van der Waals surface area contributed by atoms with Gasteiger partial charge in [-0.05, 0) is 12.5 Å². The van der Waals surface area contributed by atoms with Gasteiger partial charge in [-0.25, -0.2) is 15.2 Å². The number of amides is 2. The van der Waals surface area contributed by atoms with Gasteiger partial charge in [0, 0.05) is 6.42 Å². The minimum absolute atomic E-state index is 0.105. The Morgan fingerprint density at radius 2 is 2.08 bits per heavy atom. The molecule has 0 atom stereocenters. The quantitative estimate of drug-likeness (QED) is 0.791. The number of halogens is 2. The van der Waals surface area contributed by atoms with E-state index in [-0.39, 0.29) is 23.5 Å². The second-order valence-corrected chi connectivity index (χ2v) is 5.72. The molecular weight excluding hydrogens is 355 g/mol. The topological polar surface area (TPSA) is 85.3 Å². The number of aryl methyl sites for hydroxylation is 1. The van der Waals surface area contributed by atoms with E-state index in [4.69, 9.17) is 27.9 Å². The SMILES string of the molecule is Cc1cccc(CCOC(=O)NNC(=O)Cn2cnc(Cl)c2Cl)c1. The standard InChI is InChI=1S/C15H16Cl2N4O3/c1-10-3-2-4-11(7-10)5-6-24-15(23)20-19-12(22)8-21-9-18-13(16)14(21)17/h2-4,7,9H,5-6,8H2,1H3,(H,19,22)(H,20,23). The van der Waals surface area contributed by atoms with Crippen LogP contribution in [0.5, 0.6) is 0 Å². The van der Waals surface area contributed by atoms with Crippen molar-refractivity contribution in [3.05, 3.63) is 52.0 Å². The van der Waals surface area contributed by atoms with E-state index in [1.807, 2.05) is 31.2 Å². The average molecular weight is 371 g/mol. The monoisotopic (exact) mass is 370 g/mol. The van der Waals surface area contributed by atoms with E-state index in [0.717, 1.165) is 11.1 Å². The van der Waals surface area contributed by atoms with E-state index in [1.165, 1.54) is 10.9 Å². The van der Waals surface area contributed by atoms with Crippen LogP contribution in [0.3, 0.4) is 0 Å². The van der Waals surface area contributed by atoms with Gasteiger partial charge in [0.2, 0.25) is 0 Å². The minimum Gasteiger partial charge on any atom is -0.448 e. The molecule has 2 aromatic rings. The van der Waals surface area contributed by atoms with Crippen LogP contribution in [-0.2, 0) is 22.5 Å². The molecule has 9 heteroatoms. The number of ether oxygens (including phenoxy) is 1. The number of hydrogen-bond donors (Lipinski definition) is 2. The Morgan fingerprint density at radius 1 is 1.29 bits per heavy atom. The maximum absolute atomic E-state index is 11.7. The molecule has 1 aromatic carbocycles. The molecule has 0 unspecified atom stereocenters. The zero-order valence-corrected chi connectivity index (χ0v) is 14.4. The summed E-state index contributed by atoms with van der Waals surface area (Å²) in [6, 6.07) is 7.91. The predicted octanol–water partition coefficient (Wildman–Crippen LogP) is 2.50. The molecule has 2 amide bonds. The van der Waals surface area contributed by atoms with E-state index in [2.05, 4.69) is 15.8 Å². The molecule has 128 valence electrons. The van der Waals surface area contributed by atoms with Crippen molar-refractivity contribution < 1.29 is 14.3 Å². The van der Waals surface area contributed by atoms with Crippen LogP contribution in [0.2, 0.25) is 10.3 Å². The zero-order chi connectivity index (χ0) is 17.5. The van der Waals surface area contributed by atoms with Gasteiger partial charge in [0.15, 0.2) is 5.15 Å². The van der Waals surface area contributed by atoms with Gasteiger partial charge in [0.25, 0.3) is 5.91 Å².